The number of carbonyl (C=O) groups excluding carboxylic acids is 1. The van der Waals surface area contributed by atoms with Crippen LogP contribution in [0, 0.1) is 17.6 Å². The molecule has 0 spiro atoms. The summed E-state index contributed by atoms with van der Waals surface area (Å²) in [5.41, 5.74) is 7.24. The van der Waals surface area contributed by atoms with E-state index in [9.17, 15) is 13.6 Å². The number of amides is 1. The predicted molar refractivity (Wildman–Crippen MR) is 82.0 cm³/mol. The zero-order chi connectivity index (χ0) is 16.2. The van der Waals surface area contributed by atoms with Gasteiger partial charge in [-0.25, -0.2) is 14.2 Å². The van der Waals surface area contributed by atoms with Gasteiger partial charge in [0.25, 0.3) is 0 Å². The molecule has 1 aliphatic rings. The van der Waals surface area contributed by atoms with E-state index >= 15 is 0 Å². The van der Waals surface area contributed by atoms with E-state index in [0.717, 1.165) is 5.56 Å². The third kappa shape index (κ3) is 3.55. The summed E-state index contributed by atoms with van der Waals surface area (Å²) in [7, 11) is 0. The molecule has 2 aromatic carbocycles. The van der Waals surface area contributed by atoms with Crippen molar-refractivity contribution >= 4 is 5.91 Å². The number of hydrazine groups is 1. The van der Waals surface area contributed by atoms with Crippen molar-refractivity contribution < 1.29 is 13.6 Å². The summed E-state index contributed by atoms with van der Waals surface area (Å²) in [4.78, 5) is 12.4. The average Bonchev–Trinajstić information content (AvgIpc) is 3.04. The minimum atomic E-state index is -0.354. The molecule has 1 saturated heterocycles. The van der Waals surface area contributed by atoms with Crippen molar-refractivity contribution in [3.8, 4) is 0 Å². The first kappa shape index (κ1) is 15.6. The Hall–Kier alpha value is -2.31. The van der Waals surface area contributed by atoms with Gasteiger partial charge in [-0.3, -0.25) is 10.2 Å². The summed E-state index contributed by atoms with van der Waals surface area (Å²) in [6, 6.07) is 12.1. The van der Waals surface area contributed by atoms with E-state index in [-0.39, 0.29) is 36.0 Å². The van der Waals surface area contributed by atoms with Gasteiger partial charge in [-0.2, -0.15) is 0 Å². The van der Waals surface area contributed by atoms with Gasteiger partial charge < -0.3 is 5.32 Å². The van der Waals surface area contributed by atoms with Gasteiger partial charge in [-0.1, -0.05) is 30.3 Å². The Morgan fingerprint density at radius 2 is 1.87 bits per heavy atom. The van der Waals surface area contributed by atoms with E-state index in [2.05, 4.69) is 16.2 Å². The minimum Gasteiger partial charge on any atom is -0.352 e. The second-order valence-corrected chi connectivity index (χ2v) is 5.47. The molecule has 1 aliphatic heterocycles. The molecule has 0 aromatic heterocycles. The Kier molecular flexibility index (Phi) is 4.64. The standard InChI is InChI=1S/C17H17F2N3O/c18-13-7-5-11(6-8-13)16-14(10-21-22-16)17(23)20-9-12-3-1-2-4-15(12)19/h1-8,14,16,21-22H,9-10H2,(H,20,23). The van der Waals surface area contributed by atoms with Gasteiger partial charge in [0.15, 0.2) is 0 Å². The molecule has 2 aromatic rings. The average molecular weight is 317 g/mol. The fourth-order valence-corrected chi connectivity index (χ4v) is 2.68. The Labute approximate surface area is 132 Å². The molecule has 2 atom stereocenters. The van der Waals surface area contributed by atoms with Crippen LogP contribution in [-0.2, 0) is 11.3 Å². The molecule has 3 N–H and O–H groups in total. The lowest BCUT2D eigenvalue weighted by atomic mass is 9.94. The van der Waals surface area contributed by atoms with Crippen LogP contribution >= 0.6 is 0 Å². The van der Waals surface area contributed by atoms with Crippen LogP contribution < -0.4 is 16.2 Å². The van der Waals surface area contributed by atoms with Gasteiger partial charge in [0.2, 0.25) is 5.91 Å². The van der Waals surface area contributed by atoms with Gasteiger partial charge in [-0.05, 0) is 23.8 Å². The highest BCUT2D eigenvalue weighted by molar-refractivity contribution is 5.80. The zero-order valence-electron chi connectivity index (χ0n) is 12.4. The van der Waals surface area contributed by atoms with Crippen LogP contribution in [-0.4, -0.2) is 12.5 Å². The van der Waals surface area contributed by atoms with Crippen molar-refractivity contribution in [3.05, 3.63) is 71.3 Å². The summed E-state index contributed by atoms with van der Waals surface area (Å²) in [6.07, 6.45) is 0. The molecule has 0 aliphatic carbocycles. The summed E-state index contributed by atoms with van der Waals surface area (Å²) < 4.78 is 26.6. The Morgan fingerprint density at radius 3 is 2.61 bits per heavy atom. The quantitative estimate of drug-likeness (QED) is 0.809. The second-order valence-electron chi connectivity index (χ2n) is 5.47. The van der Waals surface area contributed by atoms with Crippen molar-refractivity contribution in [1.82, 2.24) is 16.2 Å². The first-order chi connectivity index (χ1) is 11.1. The molecule has 0 bridgehead atoms. The molecule has 2 unspecified atom stereocenters. The van der Waals surface area contributed by atoms with Crippen LogP contribution in [0.5, 0.6) is 0 Å². The van der Waals surface area contributed by atoms with E-state index in [0.29, 0.717) is 12.1 Å². The highest BCUT2D eigenvalue weighted by atomic mass is 19.1. The topological polar surface area (TPSA) is 53.2 Å². The van der Waals surface area contributed by atoms with Crippen molar-refractivity contribution in [2.24, 2.45) is 5.92 Å². The van der Waals surface area contributed by atoms with Crippen molar-refractivity contribution in [2.75, 3.05) is 6.54 Å². The second kappa shape index (κ2) is 6.85. The van der Waals surface area contributed by atoms with Crippen molar-refractivity contribution in [3.63, 3.8) is 0 Å². The number of nitrogens with one attached hydrogen (secondary N) is 3. The summed E-state index contributed by atoms with van der Waals surface area (Å²) in [5.74, 6) is -1.20. The maximum absolute atomic E-state index is 13.6. The van der Waals surface area contributed by atoms with Crippen molar-refractivity contribution in [1.29, 1.82) is 0 Å². The first-order valence-corrected chi connectivity index (χ1v) is 7.40. The Morgan fingerprint density at radius 1 is 1.13 bits per heavy atom. The molecule has 1 heterocycles. The third-order valence-electron chi connectivity index (χ3n) is 3.96. The molecule has 3 rings (SSSR count). The molecular formula is C17H17F2N3O. The van der Waals surface area contributed by atoms with Gasteiger partial charge in [0.1, 0.15) is 11.6 Å². The molecule has 1 amide bonds. The monoisotopic (exact) mass is 317 g/mol. The normalized spacial score (nSPS) is 20.4. The van der Waals surface area contributed by atoms with E-state index in [1.54, 1.807) is 30.3 Å². The molecule has 120 valence electrons. The van der Waals surface area contributed by atoms with Crippen LogP contribution in [0.1, 0.15) is 17.2 Å². The van der Waals surface area contributed by atoms with Gasteiger partial charge in [-0.15, -0.1) is 0 Å². The largest absolute Gasteiger partial charge is 0.352 e. The molecule has 0 radical (unpaired) electrons. The summed E-state index contributed by atoms with van der Waals surface area (Å²) in [6.45, 7) is 0.587. The molecule has 1 fully saturated rings. The van der Waals surface area contributed by atoms with Gasteiger partial charge in [0, 0.05) is 18.7 Å². The molecular weight excluding hydrogens is 300 g/mol. The molecule has 6 heteroatoms. The summed E-state index contributed by atoms with van der Waals surface area (Å²) >= 11 is 0. The smallest absolute Gasteiger partial charge is 0.226 e. The van der Waals surface area contributed by atoms with Crippen molar-refractivity contribution in [2.45, 2.75) is 12.6 Å². The minimum absolute atomic E-state index is 0.137. The van der Waals surface area contributed by atoms with Gasteiger partial charge in [0.05, 0.1) is 12.0 Å². The van der Waals surface area contributed by atoms with Crippen LogP contribution in [0.2, 0.25) is 0 Å². The fraction of sp³-hybridized carbons (Fsp3) is 0.235. The maximum atomic E-state index is 13.6. The first-order valence-electron chi connectivity index (χ1n) is 7.40. The highest BCUT2D eigenvalue weighted by Crippen LogP contribution is 2.25. The Bertz CT molecular complexity index is 690. The van der Waals surface area contributed by atoms with E-state index in [4.69, 9.17) is 0 Å². The van der Waals surface area contributed by atoms with Crippen LogP contribution in [0.25, 0.3) is 0 Å². The SMILES string of the molecule is O=C(NCc1ccccc1F)C1CNNC1c1ccc(F)cc1. The summed E-state index contributed by atoms with van der Waals surface area (Å²) in [5, 5.41) is 2.76. The van der Waals surface area contributed by atoms with E-state index < -0.39 is 0 Å². The number of hydrogen-bond acceptors (Lipinski definition) is 3. The lowest BCUT2D eigenvalue weighted by molar-refractivity contribution is -0.125. The molecule has 23 heavy (non-hydrogen) atoms. The van der Waals surface area contributed by atoms with Crippen LogP contribution in [0.15, 0.2) is 48.5 Å². The molecule has 0 saturated carbocycles. The fourth-order valence-electron chi connectivity index (χ4n) is 2.68. The maximum Gasteiger partial charge on any atom is 0.226 e. The lowest BCUT2D eigenvalue weighted by Gasteiger charge is -2.18. The number of benzene rings is 2. The predicted octanol–water partition coefficient (Wildman–Crippen LogP) is 2.05. The van der Waals surface area contributed by atoms with Gasteiger partial charge >= 0.3 is 0 Å². The number of rotatable bonds is 4. The Balaban J connectivity index is 1.66. The van der Waals surface area contributed by atoms with Crippen LogP contribution in [0.3, 0.4) is 0 Å². The number of carbonyl (C=O) groups is 1. The van der Waals surface area contributed by atoms with E-state index in [1.165, 1.54) is 18.2 Å². The zero-order valence-corrected chi connectivity index (χ0v) is 12.4. The third-order valence-corrected chi connectivity index (χ3v) is 3.96. The number of halogens is 2. The van der Waals surface area contributed by atoms with E-state index in [1.807, 2.05) is 0 Å². The molecule has 4 nitrogen and oxygen atoms in total. The van der Waals surface area contributed by atoms with Crippen LogP contribution in [0.4, 0.5) is 8.78 Å². The number of hydrogen-bond donors (Lipinski definition) is 3. The highest BCUT2D eigenvalue weighted by Gasteiger charge is 2.33. The lowest BCUT2D eigenvalue weighted by Crippen LogP contribution is -2.34.